The highest BCUT2D eigenvalue weighted by Crippen LogP contribution is 2.41. The Bertz CT molecular complexity index is 893. The van der Waals surface area contributed by atoms with Crippen LogP contribution in [0.2, 0.25) is 0 Å². The third-order valence-corrected chi connectivity index (χ3v) is 5.17. The predicted octanol–water partition coefficient (Wildman–Crippen LogP) is 2.90. The van der Waals surface area contributed by atoms with Crippen LogP contribution in [-0.2, 0) is 10.5 Å². The van der Waals surface area contributed by atoms with Gasteiger partial charge in [-0.3, -0.25) is 9.69 Å². The van der Waals surface area contributed by atoms with Gasteiger partial charge in [0.25, 0.3) is 11.6 Å². The van der Waals surface area contributed by atoms with Gasteiger partial charge in [-0.05, 0) is 50.1 Å². The molecule has 2 heterocycles. The van der Waals surface area contributed by atoms with Crippen molar-refractivity contribution in [3.63, 3.8) is 0 Å². The van der Waals surface area contributed by atoms with E-state index in [0.717, 1.165) is 17.7 Å². The summed E-state index contributed by atoms with van der Waals surface area (Å²) in [5.74, 6) is 0.166. The monoisotopic (exact) mass is 381 g/mol. The first kappa shape index (κ1) is 18.3. The van der Waals surface area contributed by atoms with E-state index < -0.39 is 17.7 Å². The molecule has 2 N–H and O–H groups in total. The Morgan fingerprint density at radius 1 is 1.14 bits per heavy atom. The molecular weight excluding hydrogens is 358 g/mol. The van der Waals surface area contributed by atoms with E-state index in [1.165, 1.54) is 0 Å². The van der Waals surface area contributed by atoms with Gasteiger partial charge >= 0.3 is 6.03 Å². The molecule has 1 saturated heterocycles. The highest BCUT2D eigenvalue weighted by atomic mass is 16.5. The molecule has 0 saturated carbocycles. The van der Waals surface area contributed by atoms with Gasteiger partial charge in [0.15, 0.2) is 0 Å². The summed E-state index contributed by atoms with van der Waals surface area (Å²) in [7, 11) is 0. The molecule has 1 atom stereocenters. The van der Waals surface area contributed by atoms with Crippen molar-refractivity contribution >= 4 is 23.3 Å². The molecule has 28 heavy (non-hydrogen) atoms. The number of rotatable bonds is 4. The van der Waals surface area contributed by atoms with Crippen molar-refractivity contribution in [3.05, 3.63) is 54.1 Å². The van der Waals surface area contributed by atoms with E-state index in [1.54, 1.807) is 53.4 Å². The number of hydrogen-bond acceptors (Lipinski definition) is 4. The van der Waals surface area contributed by atoms with Crippen molar-refractivity contribution in [2.45, 2.75) is 25.5 Å². The van der Waals surface area contributed by atoms with Crippen LogP contribution in [0.15, 0.2) is 48.5 Å². The van der Waals surface area contributed by atoms with Gasteiger partial charge in [-0.2, -0.15) is 0 Å². The number of nitrogens with one attached hydrogen (secondary N) is 1. The Labute approximate surface area is 163 Å². The van der Waals surface area contributed by atoms with Crippen molar-refractivity contribution in [3.8, 4) is 5.75 Å². The number of hydrogen-bond donors (Lipinski definition) is 2. The SMILES string of the molecule is CCOc1ccc(N2C(=O)Nc3ccccc3C2(O)C(=O)N2CCCC2)cc1. The van der Waals surface area contributed by atoms with Crippen molar-refractivity contribution in [1.29, 1.82) is 0 Å². The zero-order valence-corrected chi connectivity index (χ0v) is 15.7. The maximum Gasteiger partial charge on any atom is 0.329 e. The highest BCUT2D eigenvalue weighted by Gasteiger charge is 2.53. The fourth-order valence-corrected chi connectivity index (χ4v) is 3.85. The van der Waals surface area contributed by atoms with Gasteiger partial charge in [0.2, 0.25) is 0 Å². The maximum absolute atomic E-state index is 13.4. The van der Waals surface area contributed by atoms with Crippen LogP contribution in [0.4, 0.5) is 16.2 Å². The van der Waals surface area contributed by atoms with Gasteiger partial charge < -0.3 is 20.1 Å². The summed E-state index contributed by atoms with van der Waals surface area (Å²) >= 11 is 0. The molecule has 1 unspecified atom stereocenters. The largest absolute Gasteiger partial charge is 0.494 e. The van der Waals surface area contributed by atoms with Crippen molar-refractivity contribution in [2.24, 2.45) is 0 Å². The smallest absolute Gasteiger partial charge is 0.329 e. The van der Waals surface area contributed by atoms with E-state index >= 15 is 0 Å². The molecule has 0 aliphatic carbocycles. The fourth-order valence-electron chi connectivity index (χ4n) is 3.85. The minimum atomic E-state index is -2.11. The first-order valence-electron chi connectivity index (χ1n) is 9.51. The normalized spacial score (nSPS) is 21.3. The molecule has 2 aliphatic heterocycles. The molecule has 7 heteroatoms. The number of benzene rings is 2. The molecule has 2 aliphatic rings. The number of carbonyl (C=O) groups is 2. The fraction of sp³-hybridized carbons (Fsp3) is 0.333. The molecule has 7 nitrogen and oxygen atoms in total. The second-order valence-electron chi connectivity index (χ2n) is 6.91. The van der Waals surface area contributed by atoms with Crippen LogP contribution in [0.25, 0.3) is 0 Å². The number of carbonyl (C=O) groups excluding carboxylic acids is 2. The first-order chi connectivity index (χ1) is 13.6. The van der Waals surface area contributed by atoms with Gasteiger partial charge in [0.1, 0.15) is 5.75 Å². The maximum atomic E-state index is 13.4. The van der Waals surface area contributed by atoms with E-state index in [-0.39, 0.29) is 0 Å². The Morgan fingerprint density at radius 3 is 2.50 bits per heavy atom. The summed E-state index contributed by atoms with van der Waals surface area (Å²) in [5.41, 5.74) is -0.910. The van der Waals surface area contributed by atoms with E-state index in [0.29, 0.717) is 42.4 Å². The highest BCUT2D eigenvalue weighted by molar-refractivity contribution is 6.11. The van der Waals surface area contributed by atoms with Gasteiger partial charge in [-0.25, -0.2) is 4.79 Å². The Kier molecular flexibility index (Phi) is 4.68. The summed E-state index contributed by atoms with van der Waals surface area (Å²) < 4.78 is 5.46. The van der Waals surface area contributed by atoms with Crippen LogP contribution in [0.5, 0.6) is 5.75 Å². The number of fused-ring (bicyclic) bond motifs is 1. The molecular formula is C21H23N3O4. The van der Waals surface area contributed by atoms with Crippen LogP contribution < -0.4 is 15.0 Å². The molecule has 0 bridgehead atoms. The van der Waals surface area contributed by atoms with Crippen LogP contribution >= 0.6 is 0 Å². The lowest BCUT2D eigenvalue weighted by Gasteiger charge is -2.44. The Morgan fingerprint density at radius 2 is 1.82 bits per heavy atom. The summed E-state index contributed by atoms with van der Waals surface area (Å²) in [4.78, 5) is 29.1. The molecule has 146 valence electrons. The summed E-state index contributed by atoms with van der Waals surface area (Å²) in [6.45, 7) is 3.55. The van der Waals surface area contributed by atoms with Crippen molar-refractivity contribution in [1.82, 2.24) is 4.90 Å². The molecule has 2 aromatic rings. The topological polar surface area (TPSA) is 82.1 Å². The minimum Gasteiger partial charge on any atom is -0.494 e. The number of para-hydroxylation sites is 1. The van der Waals surface area contributed by atoms with E-state index in [4.69, 9.17) is 4.74 Å². The number of likely N-dealkylation sites (tertiary alicyclic amines) is 1. The minimum absolute atomic E-state index is 0.361. The van der Waals surface area contributed by atoms with E-state index in [9.17, 15) is 14.7 Å². The van der Waals surface area contributed by atoms with Crippen molar-refractivity contribution < 1.29 is 19.4 Å². The first-order valence-corrected chi connectivity index (χ1v) is 9.51. The number of ether oxygens (including phenoxy) is 1. The zero-order chi connectivity index (χ0) is 19.7. The van der Waals surface area contributed by atoms with Crippen LogP contribution in [-0.4, -0.2) is 41.6 Å². The lowest BCUT2D eigenvalue weighted by molar-refractivity contribution is -0.150. The van der Waals surface area contributed by atoms with Crippen molar-refractivity contribution in [2.75, 3.05) is 29.9 Å². The van der Waals surface area contributed by atoms with Gasteiger partial charge in [0, 0.05) is 24.3 Å². The predicted molar refractivity (Wildman–Crippen MR) is 105 cm³/mol. The summed E-state index contributed by atoms with van der Waals surface area (Å²) in [6, 6.07) is 13.1. The van der Waals surface area contributed by atoms with Gasteiger partial charge in [-0.1, -0.05) is 18.2 Å². The summed E-state index contributed by atoms with van der Waals surface area (Å²) in [5, 5.41) is 14.5. The number of anilines is 2. The lowest BCUT2D eigenvalue weighted by atomic mass is 9.94. The molecule has 2 aromatic carbocycles. The third-order valence-electron chi connectivity index (χ3n) is 5.17. The van der Waals surface area contributed by atoms with Gasteiger partial charge in [-0.15, -0.1) is 0 Å². The zero-order valence-electron chi connectivity index (χ0n) is 15.7. The van der Waals surface area contributed by atoms with Crippen LogP contribution in [0.3, 0.4) is 0 Å². The lowest BCUT2D eigenvalue weighted by Crippen LogP contribution is -2.62. The molecule has 0 spiro atoms. The average Bonchev–Trinajstić information content (AvgIpc) is 3.23. The van der Waals surface area contributed by atoms with E-state index in [2.05, 4.69) is 5.32 Å². The Balaban J connectivity index is 1.82. The number of amides is 3. The number of nitrogens with zero attached hydrogens (tertiary/aromatic N) is 2. The standard InChI is InChI=1S/C21H23N3O4/c1-2-28-16-11-9-15(10-12-16)24-20(26)22-18-8-4-3-7-17(18)21(24,27)19(25)23-13-5-6-14-23/h3-4,7-12,27H,2,5-6,13-14H2,1H3,(H,22,26). The second-order valence-corrected chi connectivity index (χ2v) is 6.91. The third kappa shape index (κ3) is 2.88. The number of urea groups is 1. The van der Waals surface area contributed by atoms with Crippen LogP contribution in [0.1, 0.15) is 25.3 Å². The molecule has 4 rings (SSSR count). The quantitative estimate of drug-likeness (QED) is 0.853. The molecule has 1 fully saturated rings. The molecule has 0 radical (unpaired) electrons. The summed E-state index contributed by atoms with van der Waals surface area (Å²) in [6.07, 6.45) is 1.78. The Hall–Kier alpha value is -3.06. The number of aliphatic hydroxyl groups is 1. The van der Waals surface area contributed by atoms with E-state index in [1.807, 2.05) is 6.92 Å². The molecule has 3 amide bonds. The average molecular weight is 381 g/mol. The van der Waals surface area contributed by atoms with Gasteiger partial charge in [0.05, 0.1) is 12.3 Å². The second kappa shape index (κ2) is 7.16. The molecule has 0 aromatic heterocycles. The van der Waals surface area contributed by atoms with Crippen LogP contribution in [0, 0.1) is 0 Å².